The fourth-order valence-electron chi connectivity index (χ4n) is 0.629. The zero-order valence-corrected chi connectivity index (χ0v) is 8.49. The van der Waals surface area contributed by atoms with Gasteiger partial charge in [0, 0.05) is 11.6 Å². The van der Waals surface area contributed by atoms with Crippen LogP contribution in [0.15, 0.2) is 24.3 Å². The maximum Gasteiger partial charge on any atom is 0.331 e. The average molecular weight is 230 g/mol. The monoisotopic (exact) mass is 230 g/mol. The van der Waals surface area contributed by atoms with E-state index in [-0.39, 0.29) is 17.4 Å². The van der Waals surface area contributed by atoms with Gasteiger partial charge in [-0.2, -0.15) is 0 Å². The van der Waals surface area contributed by atoms with Crippen LogP contribution in [0.3, 0.4) is 0 Å². The van der Waals surface area contributed by atoms with Crippen molar-refractivity contribution in [2.45, 2.75) is 26.7 Å². The van der Waals surface area contributed by atoms with Crippen LogP contribution in [0, 0.1) is 0 Å². The lowest BCUT2D eigenvalue weighted by molar-refractivity contribution is -0.133. The molecule has 0 saturated carbocycles. The quantitative estimate of drug-likeness (QED) is 0.555. The number of allylic oxidation sites excluding steroid dienone is 1. The van der Waals surface area contributed by atoms with E-state index in [1.54, 1.807) is 6.08 Å². The number of hydrogen-bond donors (Lipinski definition) is 2. The summed E-state index contributed by atoms with van der Waals surface area (Å²) in [6, 6.07) is 0. The molecule has 0 radical (unpaired) electrons. The van der Waals surface area contributed by atoms with E-state index >= 15 is 0 Å². The smallest absolute Gasteiger partial charge is 0.331 e. The summed E-state index contributed by atoms with van der Waals surface area (Å²) < 4.78 is 0. The second-order valence-electron chi connectivity index (χ2n) is 2.34. The Balaban J connectivity index is -0.000000208. The molecule has 0 heterocycles. The molecule has 0 aromatic rings. The Bertz CT molecular complexity index is 234. The Labute approximate surface area is 100 Å². The summed E-state index contributed by atoms with van der Waals surface area (Å²) in [6.45, 7) is 6.73. The van der Waals surface area contributed by atoms with Crippen LogP contribution in [0.25, 0.3) is 0 Å². The molecule has 0 amide bonds. The second-order valence-corrected chi connectivity index (χ2v) is 2.34. The van der Waals surface area contributed by atoms with Gasteiger partial charge in [-0.1, -0.05) is 26.5 Å². The lowest BCUT2D eigenvalue weighted by Crippen LogP contribution is -1.98. The second kappa shape index (κ2) is 13.0. The number of rotatable bonds is 4. The van der Waals surface area contributed by atoms with Crippen molar-refractivity contribution >= 4 is 29.3 Å². The summed E-state index contributed by atoms with van der Waals surface area (Å²) in [5, 5.41) is 16.0. The van der Waals surface area contributed by atoms with E-state index in [0.29, 0.717) is 12.0 Å². The van der Waals surface area contributed by atoms with E-state index in [4.69, 9.17) is 10.2 Å². The van der Waals surface area contributed by atoms with Crippen LogP contribution in [0.5, 0.6) is 0 Å². The molecule has 86 valence electrons. The molecule has 0 atom stereocenters. The third kappa shape index (κ3) is 15.7. The summed E-state index contributed by atoms with van der Waals surface area (Å²) in [6.07, 6.45) is 3.99. The van der Waals surface area contributed by atoms with Gasteiger partial charge in [-0.15, -0.1) is 0 Å². The molecule has 4 nitrogen and oxygen atoms in total. The first-order valence-electron chi connectivity index (χ1n) is 4.27. The Morgan fingerprint density at radius 1 is 1.27 bits per heavy atom. The summed E-state index contributed by atoms with van der Waals surface area (Å²) in [5.74, 6) is -1.77. The van der Waals surface area contributed by atoms with Crippen LogP contribution in [0.1, 0.15) is 26.7 Å². The normalized spacial score (nSPS) is 9.07. The standard InChI is InChI=1S/C7H12O2.C3H4O2.Al.3H/c1-3-5-6(4-2)7(8)9;1-2-3(4)5;;;;/h5H,3-4H2,1-2H3,(H,8,9);2H,1H2,(H,4,5);;;;. The minimum absolute atomic E-state index is 0. The number of aliphatic carboxylic acids is 2. The molecule has 5 heteroatoms. The van der Waals surface area contributed by atoms with Gasteiger partial charge in [-0.05, 0) is 12.8 Å². The van der Waals surface area contributed by atoms with Crippen molar-refractivity contribution in [2.24, 2.45) is 0 Å². The fourth-order valence-corrected chi connectivity index (χ4v) is 0.629. The summed E-state index contributed by atoms with van der Waals surface area (Å²) >= 11 is 0. The Morgan fingerprint density at radius 3 is 1.73 bits per heavy atom. The SMILES string of the molecule is C=CC(=O)O.CCC=C(CC)C(=O)O.[AlH3]. The molecule has 0 spiro atoms. The number of hydrogen-bond acceptors (Lipinski definition) is 2. The van der Waals surface area contributed by atoms with E-state index in [2.05, 4.69) is 6.58 Å². The van der Waals surface area contributed by atoms with E-state index in [1.807, 2.05) is 13.8 Å². The summed E-state index contributed by atoms with van der Waals surface area (Å²) in [5.41, 5.74) is 0.512. The van der Waals surface area contributed by atoms with Gasteiger partial charge in [0.1, 0.15) is 0 Å². The molecule has 0 unspecified atom stereocenters. The van der Waals surface area contributed by atoms with Crippen molar-refractivity contribution in [3.63, 3.8) is 0 Å². The predicted octanol–water partition coefficient (Wildman–Crippen LogP) is 0.890. The molecule has 0 aromatic heterocycles. The van der Waals surface area contributed by atoms with Crippen LogP contribution in [-0.4, -0.2) is 39.5 Å². The van der Waals surface area contributed by atoms with Crippen molar-refractivity contribution < 1.29 is 19.8 Å². The molecule has 0 saturated heterocycles. The number of carbonyl (C=O) groups is 2. The maximum absolute atomic E-state index is 10.3. The Kier molecular flexibility index (Phi) is 16.8. The van der Waals surface area contributed by atoms with Gasteiger partial charge in [0.15, 0.2) is 17.4 Å². The number of carboxylic acid groups (broad SMARTS) is 2. The topological polar surface area (TPSA) is 74.6 Å². The highest BCUT2D eigenvalue weighted by atomic mass is 27.0. The lowest BCUT2D eigenvalue weighted by atomic mass is 10.2. The third-order valence-corrected chi connectivity index (χ3v) is 1.28. The van der Waals surface area contributed by atoms with Crippen LogP contribution >= 0.6 is 0 Å². The predicted molar refractivity (Wildman–Crippen MR) is 64.1 cm³/mol. The third-order valence-electron chi connectivity index (χ3n) is 1.28. The van der Waals surface area contributed by atoms with E-state index in [9.17, 15) is 9.59 Å². The first-order chi connectivity index (χ1) is 6.49. The molecule has 0 aliphatic carbocycles. The van der Waals surface area contributed by atoms with Crippen LogP contribution in [0.4, 0.5) is 0 Å². The molecule has 0 bridgehead atoms. The van der Waals surface area contributed by atoms with Gasteiger partial charge in [0.2, 0.25) is 0 Å². The van der Waals surface area contributed by atoms with Gasteiger partial charge in [0.25, 0.3) is 0 Å². The molecule has 15 heavy (non-hydrogen) atoms. The van der Waals surface area contributed by atoms with Crippen LogP contribution in [-0.2, 0) is 9.59 Å². The van der Waals surface area contributed by atoms with Crippen LogP contribution in [0.2, 0.25) is 0 Å². The van der Waals surface area contributed by atoms with Crippen molar-refractivity contribution in [1.82, 2.24) is 0 Å². The highest BCUT2D eigenvalue weighted by Crippen LogP contribution is 2.00. The van der Waals surface area contributed by atoms with Gasteiger partial charge >= 0.3 is 11.9 Å². The zero-order chi connectivity index (χ0) is 11.6. The average Bonchev–Trinajstić information content (AvgIpc) is 2.14. The summed E-state index contributed by atoms with van der Waals surface area (Å²) in [4.78, 5) is 19.5. The van der Waals surface area contributed by atoms with E-state index in [0.717, 1.165) is 12.5 Å². The lowest BCUT2D eigenvalue weighted by Gasteiger charge is -1.93. The first-order valence-corrected chi connectivity index (χ1v) is 4.27. The van der Waals surface area contributed by atoms with Gasteiger partial charge in [-0.25, -0.2) is 9.59 Å². The van der Waals surface area contributed by atoms with Crippen molar-refractivity contribution in [3.8, 4) is 0 Å². The molecular formula is C10H19AlO4. The van der Waals surface area contributed by atoms with Crippen molar-refractivity contribution in [2.75, 3.05) is 0 Å². The highest BCUT2D eigenvalue weighted by molar-refractivity contribution is 5.86. The Morgan fingerprint density at radius 2 is 1.67 bits per heavy atom. The minimum atomic E-state index is -0.981. The van der Waals surface area contributed by atoms with Crippen molar-refractivity contribution in [1.29, 1.82) is 0 Å². The molecule has 0 aliphatic heterocycles. The number of carboxylic acids is 2. The molecule has 0 fully saturated rings. The van der Waals surface area contributed by atoms with Gasteiger partial charge in [0.05, 0.1) is 0 Å². The van der Waals surface area contributed by atoms with E-state index in [1.165, 1.54) is 0 Å². The molecule has 0 rings (SSSR count). The summed E-state index contributed by atoms with van der Waals surface area (Å²) in [7, 11) is 0. The van der Waals surface area contributed by atoms with Gasteiger partial charge < -0.3 is 10.2 Å². The molecular weight excluding hydrogens is 211 g/mol. The maximum atomic E-state index is 10.3. The van der Waals surface area contributed by atoms with Crippen molar-refractivity contribution in [3.05, 3.63) is 24.3 Å². The largest absolute Gasteiger partial charge is 0.478 e. The fraction of sp³-hybridized carbons (Fsp3) is 0.400. The zero-order valence-electron chi connectivity index (χ0n) is 8.49. The van der Waals surface area contributed by atoms with Gasteiger partial charge in [-0.3, -0.25) is 0 Å². The minimum Gasteiger partial charge on any atom is -0.478 e. The Hall–Kier alpha value is -1.05. The van der Waals surface area contributed by atoms with E-state index < -0.39 is 11.9 Å². The highest BCUT2D eigenvalue weighted by Gasteiger charge is 2.00. The molecule has 0 aliphatic rings. The first kappa shape index (κ1) is 19.5. The molecule has 2 N–H and O–H groups in total. The van der Waals surface area contributed by atoms with Crippen LogP contribution < -0.4 is 0 Å². The molecule has 0 aromatic carbocycles.